The van der Waals surface area contributed by atoms with Crippen LogP contribution >= 0.6 is 0 Å². The van der Waals surface area contributed by atoms with E-state index in [4.69, 9.17) is 0 Å². The summed E-state index contributed by atoms with van der Waals surface area (Å²) < 4.78 is 0. The molecule has 2 heteroatoms. The number of fused-ring (bicyclic) bond motifs is 7. The van der Waals surface area contributed by atoms with Gasteiger partial charge in [-0.05, 0) is 60.5 Å². The highest BCUT2D eigenvalue weighted by molar-refractivity contribution is 6.08. The molecule has 0 fully saturated rings. The minimum atomic E-state index is 0.0692. The van der Waals surface area contributed by atoms with Crippen molar-refractivity contribution in [2.24, 2.45) is 0 Å². The van der Waals surface area contributed by atoms with E-state index in [-0.39, 0.29) is 12.1 Å². The highest BCUT2D eigenvalue weighted by Gasteiger charge is 2.33. The topological polar surface area (TPSA) is 15.3 Å². The molecule has 2 nitrogen and oxygen atoms in total. The smallest absolute Gasteiger partial charge is 0.0550 e. The number of rotatable bonds is 7. The van der Waals surface area contributed by atoms with Gasteiger partial charge in [-0.3, -0.25) is 4.90 Å². The van der Waals surface area contributed by atoms with E-state index in [0.29, 0.717) is 0 Å². The normalized spacial score (nSPS) is 14.4. The molecular weight excluding hydrogens is 544 g/mol. The molecule has 0 unspecified atom stereocenters. The zero-order chi connectivity index (χ0) is 30.0. The number of hydrogen-bond acceptors (Lipinski definition) is 2. The van der Waals surface area contributed by atoms with Crippen molar-refractivity contribution in [2.45, 2.75) is 31.7 Å². The first-order valence-electron chi connectivity index (χ1n) is 16.0. The molecular formula is C43H36N2. The maximum Gasteiger partial charge on any atom is 0.0550 e. The monoisotopic (exact) mass is 580 g/mol. The van der Waals surface area contributed by atoms with Crippen LogP contribution in [0.3, 0.4) is 0 Å². The van der Waals surface area contributed by atoms with E-state index in [9.17, 15) is 0 Å². The lowest BCUT2D eigenvalue weighted by Gasteiger charge is -2.38. The van der Waals surface area contributed by atoms with Gasteiger partial charge in [0.1, 0.15) is 0 Å². The fourth-order valence-corrected chi connectivity index (χ4v) is 7.34. The Morgan fingerprint density at radius 2 is 0.933 bits per heavy atom. The highest BCUT2D eigenvalue weighted by atomic mass is 15.2. The van der Waals surface area contributed by atoms with Gasteiger partial charge in [0.2, 0.25) is 0 Å². The molecule has 218 valence electrons. The standard InChI is InChI=1S/C43H36N2/c1-4-14-31(15-5-1)28-44-42(34-18-6-2-7-19-34)43(35-20-8-3-9-21-35)45-29-36-26-24-32-16-10-12-22-38(32)40(36)41-37(30-45)27-25-33-17-11-13-23-39(33)41/h1-27,42-44H,28-30H2/t42-,43-/m1/s1. The Hall–Kier alpha value is -5.02. The summed E-state index contributed by atoms with van der Waals surface area (Å²) in [5.41, 5.74) is 9.40. The molecule has 2 atom stereocenters. The molecule has 0 saturated carbocycles. The fraction of sp³-hybridized carbons (Fsp3) is 0.116. The third kappa shape index (κ3) is 5.33. The molecule has 0 saturated heterocycles. The zero-order valence-corrected chi connectivity index (χ0v) is 25.3. The second-order valence-corrected chi connectivity index (χ2v) is 12.2. The average molecular weight is 581 g/mol. The van der Waals surface area contributed by atoms with E-state index in [1.165, 1.54) is 60.5 Å². The summed E-state index contributed by atoms with van der Waals surface area (Å²) in [5, 5.41) is 9.26. The fourth-order valence-electron chi connectivity index (χ4n) is 7.34. The summed E-state index contributed by atoms with van der Waals surface area (Å²) >= 11 is 0. The van der Waals surface area contributed by atoms with E-state index >= 15 is 0 Å². The minimum Gasteiger partial charge on any atom is -0.304 e. The van der Waals surface area contributed by atoms with Crippen LogP contribution in [0.1, 0.15) is 39.9 Å². The van der Waals surface area contributed by atoms with E-state index in [0.717, 1.165) is 19.6 Å². The van der Waals surface area contributed by atoms with Crippen molar-refractivity contribution in [1.29, 1.82) is 0 Å². The SMILES string of the molecule is c1ccc(CN[C@H](c2ccccc2)[C@@H](c2ccccc2)N2Cc3ccc4ccccc4c3-c3c(ccc4ccccc34)C2)cc1. The molecule has 1 aliphatic rings. The maximum absolute atomic E-state index is 4.03. The summed E-state index contributed by atoms with van der Waals surface area (Å²) in [6, 6.07) is 60.1. The van der Waals surface area contributed by atoms with E-state index in [1.807, 2.05) is 0 Å². The molecule has 1 heterocycles. The van der Waals surface area contributed by atoms with Gasteiger partial charge in [-0.1, -0.05) is 164 Å². The Kier molecular flexibility index (Phi) is 7.44. The van der Waals surface area contributed by atoms with E-state index in [2.05, 4.69) is 174 Å². The van der Waals surface area contributed by atoms with Gasteiger partial charge in [-0.15, -0.1) is 0 Å². The van der Waals surface area contributed by atoms with E-state index < -0.39 is 0 Å². The average Bonchev–Trinajstić information content (AvgIpc) is 3.28. The van der Waals surface area contributed by atoms with Gasteiger partial charge < -0.3 is 5.32 Å². The second kappa shape index (κ2) is 12.2. The van der Waals surface area contributed by atoms with Crippen molar-refractivity contribution in [3.63, 3.8) is 0 Å². The lowest BCUT2D eigenvalue weighted by Crippen LogP contribution is -2.38. The molecule has 0 bridgehead atoms. The molecule has 7 aromatic carbocycles. The Morgan fingerprint density at radius 1 is 0.467 bits per heavy atom. The zero-order valence-electron chi connectivity index (χ0n) is 25.3. The van der Waals surface area contributed by atoms with Crippen LogP contribution in [0.25, 0.3) is 32.7 Å². The number of hydrogen-bond donors (Lipinski definition) is 1. The molecule has 0 spiro atoms. The minimum absolute atomic E-state index is 0.0692. The Bertz CT molecular complexity index is 1980. The Balaban J connectivity index is 1.33. The second-order valence-electron chi connectivity index (χ2n) is 12.2. The third-order valence-corrected chi connectivity index (χ3v) is 9.41. The molecule has 45 heavy (non-hydrogen) atoms. The van der Waals surface area contributed by atoms with Crippen LogP contribution in [-0.4, -0.2) is 4.90 Å². The first kappa shape index (κ1) is 27.5. The first-order valence-corrected chi connectivity index (χ1v) is 16.0. The molecule has 1 aliphatic heterocycles. The third-order valence-electron chi connectivity index (χ3n) is 9.41. The summed E-state index contributed by atoms with van der Waals surface area (Å²) in [7, 11) is 0. The first-order chi connectivity index (χ1) is 22.3. The molecule has 8 rings (SSSR count). The lowest BCUT2D eigenvalue weighted by molar-refractivity contribution is 0.140. The van der Waals surface area contributed by atoms with Gasteiger partial charge in [0.05, 0.1) is 12.1 Å². The lowest BCUT2D eigenvalue weighted by atomic mass is 9.88. The quantitative estimate of drug-likeness (QED) is 0.202. The number of nitrogens with zero attached hydrogens (tertiary/aromatic N) is 1. The van der Waals surface area contributed by atoms with Gasteiger partial charge in [0.25, 0.3) is 0 Å². The molecule has 0 amide bonds. The van der Waals surface area contributed by atoms with Gasteiger partial charge in [-0.25, -0.2) is 0 Å². The molecule has 7 aromatic rings. The predicted molar refractivity (Wildman–Crippen MR) is 188 cm³/mol. The maximum atomic E-state index is 4.03. The largest absolute Gasteiger partial charge is 0.304 e. The Morgan fingerprint density at radius 3 is 1.49 bits per heavy atom. The van der Waals surface area contributed by atoms with Crippen LogP contribution in [0.4, 0.5) is 0 Å². The van der Waals surface area contributed by atoms with Crippen LogP contribution in [0.5, 0.6) is 0 Å². The van der Waals surface area contributed by atoms with Crippen LogP contribution < -0.4 is 5.32 Å². The molecule has 0 radical (unpaired) electrons. The number of benzene rings is 7. The van der Waals surface area contributed by atoms with Crippen LogP contribution in [-0.2, 0) is 19.6 Å². The van der Waals surface area contributed by atoms with E-state index in [1.54, 1.807) is 0 Å². The van der Waals surface area contributed by atoms with Crippen molar-refractivity contribution in [3.8, 4) is 11.1 Å². The summed E-state index contributed by atoms with van der Waals surface area (Å²) in [5.74, 6) is 0. The van der Waals surface area contributed by atoms with Crippen LogP contribution in [0.2, 0.25) is 0 Å². The summed E-state index contributed by atoms with van der Waals surface area (Å²) in [6.45, 7) is 2.48. The highest BCUT2D eigenvalue weighted by Crippen LogP contribution is 2.45. The van der Waals surface area contributed by atoms with Crippen LogP contribution in [0.15, 0.2) is 164 Å². The van der Waals surface area contributed by atoms with Gasteiger partial charge in [0.15, 0.2) is 0 Å². The molecule has 1 N–H and O–H groups in total. The van der Waals surface area contributed by atoms with Gasteiger partial charge >= 0.3 is 0 Å². The van der Waals surface area contributed by atoms with Gasteiger partial charge in [0, 0.05) is 19.6 Å². The predicted octanol–water partition coefficient (Wildman–Crippen LogP) is 10.2. The molecule has 0 aromatic heterocycles. The van der Waals surface area contributed by atoms with Crippen molar-refractivity contribution in [1.82, 2.24) is 10.2 Å². The van der Waals surface area contributed by atoms with Crippen molar-refractivity contribution in [2.75, 3.05) is 0 Å². The summed E-state index contributed by atoms with van der Waals surface area (Å²) in [6.07, 6.45) is 0. The molecule has 0 aliphatic carbocycles. The van der Waals surface area contributed by atoms with Crippen molar-refractivity contribution < 1.29 is 0 Å². The summed E-state index contributed by atoms with van der Waals surface area (Å²) in [4.78, 5) is 2.71. The Labute approximate surface area is 265 Å². The van der Waals surface area contributed by atoms with Crippen molar-refractivity contribution in [3.05, 3.63) is 192 Å². The van der Waals surface area contributed by atoms with Crippen molar-refractivity contribution >= 4 is 21.5 Å². The van der Waals surface area contributed by atoms with Gasteiger partial charge in [-0.2, -0.15) is 0 Å². The number of nitrogens with one attached hydrogen (secondary N) is 1. The van der Waals surface area contributed by atoms with Crippen LogP contribution in [0, 0.1) is 0 Å².